The van der Waals surface area contributed by atoms with Gasteiger partial charge in [-0.05, 0) is 36.8 Å². The van der Waals surface area contributed by atoms with E-state index in [2.05, 4.69) is 55.5 Å². The third-order valence-electron chi connectivity index (χ3n) is 6.93. The molecule has 4 heteroatoms. The SMILES string of the molecule is CCCn1c(SCc2ccccc2)nc2c(c1=O)C1(CCCCC1)Cc1ccccc1-2. The standard InChI is InChI=1S/C27H30N2OS/c1-2-17-29-25(30)23-24(28-26(29)31-19-20-11-5-3-6-12-20)22-14-8-7-13-21(22)18-27(23)15-9-4-10-16-27/h3,5-8,11-14H,2,4,9-10,15-19H2,1H3. The minimum atomic E-state index is -0.0376. The van der Waals surface area contributed by atoms with E-state index in [0.29, 0.717) is 0 Å². The van der Waals surface area contributed by atoms with E-state index in [1.807, 2.05) is 10.6 Å². The lowest BCUT2D eigenvalue weighted by molar-refractivity contribution is 0.282. The number of fused-ring (bicyclic) bond motifs is 4. The minimum absolute atomic E-state index is 0.0376. The van der Waals surface area contributed by atoms with Gasteiger partial charge in [0.1, 0.15) is 0 Å². The van der Waals surface area contributed by atoms with Crippen molar-refractivity contribution in [1.29, 1.82) is 0 Å². The molecule has 0 N–H and O–H groups in total. The van der Waals surface area contributed by atoms with Gasteiger partial charge >= 0.3 is 0 Å². The Kier molecular flexibility index (Phi) is 5.75. The molecule has 1 heterocycles. The van der Waals surface area contributed by atoms with Crippen molar-refractivity contribution < 1.29 is 0 Å². The van der Waals surface area contributed by atoms with Gasteiger partial charge in [0.05, 0.1) is 11.3 Å². The third-order valence-corrected chi connectivity index (χ3v) is 7.98. The van der Waals surface area contributed by atoms with Gasteiger partial charge < -0.3 is 0 Å². The van der Waals surface area contributed by atoms with Crippen molar-refractivity contribution >= 4 is 11.8 Å². The smallest absolute Gasteiger partial charge is 0.258 e. The average molecular weight is 431 g/mol. The molecule has 0 aliphatic heterocycles. The van der Waals surface area contributed by atoms with Crippen LogP contribution in [0.5, 0.6) is 0 Å². The van der Waals surface area contributed by atoms with Crippen molar-refractivity contribution in [1.82, 2.24) is 9.55 Å². The summed E-state index contributed by atoms with van der Waals surface area (Å²) in [5, 5.41) is 0.858. The second-order valence-electron chi connectivity index (χ2n) is 9.02. The molecule has 0 unspecified atom stereocenters. The molecular formula is C27H30N2OS. The first-order valence-electron chi connectivity index (χ1n) is 11.6. The van der Waals surface area contributed by atoms with Crippen molar-refractivity contribution in [2.24, 2.45) is 0 Å². The van der Waals surface area contributed by atoms with Crippen molar-refractivity contribution in [3.63, 3.8) is 0 Å². The maximum absolute atomic E-state index is 14.0. The maximum Gasteiger partial charge on any atom is 0.258 e. The molecule has 1 spiro atoms. The lowest BCUT2D eigenvalue weighted by Gasteiger charge is -2.42. The summed E-state index contributed by atoms with van der Waals surface area (Å²) in [6, 6.07) is 19.1. The normalized spacial score (nSPS) is 16.7. The topological polar surface area (TPSA) is 34.9 Å². The Morgan fingerprint density at radius 2 is 1.74 bits per heavy atom. The maximum atomic E-state index is 14.0. The summed E-state index contributed by atoms with van der Waals surface area (Å²) in [4.78, 5) is 19.3. The molecule has 0 bridgehead atoms. The highest BCUT2D eigenvalue weighted by molar-refractivity contribution is 7.98. The summed E-state index contributed by atoms with van der Waals surface area (Å²) < 4.78 is 1.97. The van der Waals surface area contributed by atoms with E-state index in [1.165, 1.54) is 30.4 Å². The zero-order valence-corrected chi connectivity index (χ0v) is 19.1. The van der Waals surface area contributed by atoms with Gasteiger partial charge in [0.15, 0.2) is 5.16 Å². The molecule has 160 valence electrons. The van der Waals surface area contributed by atoms with Crippen LogP contribution < -0.4 is 5.56 Å². The van der Waals surface area contributed by atoms with Crippen LogP contribution in [0.15, 0.2) is 64.5 Å². The first-order chi connectivity index (χ1) is 15.2. The fourth-order valence-electron chi connectivity index (χ4n) is 5.47. The van der Waals surface area contributed by atoms with Crippen LogP contribution in [-0.2, 0) is 24.1 Å². The van der Waals surface area contributed by atoms with E-state index in [0.717, 1.165) is 60.0 Å². The molecule has 5 rings (SSSR count). The average Bonchev–Trinajstić information content (AvgIpc) is 2.81. The fourth-order valence-corrected chi connectivity index (χ4v) is 6.45. The Balaban J connectivity index is 1.67. The highest BCUT2D eigenvalue weighted by Crippen LogP contribution is 2.48. The molecule has 3 nitrogen and oxygen atoms in total. The highest BCUT2D eigenvalue weighted by atomic mass is 32.2. The van der Waals surface area contributed by atoms with E-state index >= 15 is 0 Å². The first kappa shape index (κ1) is 20.6. The lowest BCUT2D eigenvalue weighted by Crippen LogP contribution is -2.43. The molecule has 2 aliphatic carbocycles. The second-order valence-corrected chi connectivity index (χ2v) is 9.97. The number of hydrogen-bond donors (Lipinski definition) is 0. The largest absolute Gasteiger partial charge is 0.287 e. The van der Waals surface area contributed by atoms with Gasteiger partial charge in [-0.3, -0.25) is 9.36 Å². The van der Waals surface area contributed by atoms with Gasteiger partial charge in [-0.15, -0.1) is 0 Å². The van der Waals surface area contributed by atoms with Crippen molar-refractivity contribution in [3.05, 3.63) is 81.6 Å². The summed E-state index contributed by atoms with van der Waals surface area (Å²) in [5.41, 5.74) is 5.90. The molecule has 0 atom stereocenters. The number of nitrogens with zero attached hydrogens (tertiary/aromatic N) is 2. The lowest BCUT2D eigenvalue weighted by atomic mass is 9.62. The monoisotopic (exact) mass is 430 g/mol. The molecule has 0 amide bonds. The number of hydrogen-bond acceptors (Lipinski definition) is 3. The van der Waals surface area contributed by atoms with Gasteiger partial charge in [0, 0.05) is 23.3 Å². The summed E-state index contributed by atoms with van der Waals surface area (Å²) in [6.07, 6.45) is 7.82. The molecule has 1 saturated carbocycles. The van der Waals surface area contributed by atoms with Crippen molar-refractivity contribution in [2.45, 2.75) is 74.7 Å². The summed E-state index contributed by atoms with van der Waals surface area (Å²) >= 11 is 1.69. The van der Waals surface area contributed by atoms with Crippen LogP contribution in [0.4, 0.5) is 0 Å². The molecule has 0 radical (unpaired) electrons. The molecule has 0 saturated heterocycles. The number of thioether (sulfide) groups is 1. The summed E-state index contributed by atoms with van der Waals surface area (Å²) in [6.45, 7) is 2.87. The van der Waals surface area contributed by atoms with Gasteiger partial charge in [0.2, 0.25) is 0 Å². The molecular weight excluding hydrogens is 400 g/mol. The first-order valence-corrected chi connectivity index (χ1v) is 12.6. The molecule has 1 aromatic heterocycles. The van der Waals surface area contributed by atoms with E-state index in [4.69, 9.17) is 4.98 Å². The predicted molar refractivity (Wildman–Crippen MR) is 129 cm³/mol. The molecule has 2 aromatic carbocycles. The summed E-state index contributed by atoms with van der Waals surface area (Å²) in [5.74, 6) is 0.822. The van der Waals surface area contributed by atoms with Crippen LogP contribution >= 0.6 is 11.8 Å². The molecule has 3 aromatic rings. The van der Waals surface area contributed by atoms with Crippen LogP contribution in [0.1, 0.15) is 62.1 Å². The van der Waals surface area contributed by atoms with E-state index < -0.39 is 0 Å². The minimum Gasteiger partial charge on any atom is -0.287 e. The Morgan fingerprint density at radius 1 is 1.00 bits per heavy atom. The highest BCUT2D eigenvalue weighted by Gasteiger charge is 2.43. The molecule has 2 aliphatic rings. The Hall–Kier alpha value is -2.33. The van der Waals surface area contributed by atoms with E-state index in [9.17, 15) is 4.79 Å². The van der Waals surface area contributed by atoms with E-state index in [-0.39, 0.29) is 11.0 Å². The van der Waals surface area contributed by atoms with Gasteiger partial charge in [-0.25, -0.2) is 4.98 Å². The third kappa shape index (κ3) is 3.76. The quantitative estimate of drug-likeness (QED) is 0.348. The Morgan fingerprint density at radius 3 is 2.52 bits per heavy atom. The number of rotatable bonds is 5. The zero-order valence-electron chi connectivity index (χ0n) is 18.3. The van der Waals surface area contributed by atoms with E-state index in [1.54, 1.807) is 11.8 Å². The van der Waals surface area contributed by atoms with Crippen LogP contribution in [0.2, 0.25) is 0 Å². The Bertz CT molecular complexity index is 1130. The zero-order chi connectivity index (χ0) is 21.3. The van der Waals surface area contributed by atoms with Crippen LogP contribution in [-0.4, -0.2) is 9.55 Å². The van der Waals surface area contributed by atoms with Gasteiger partial charge in [-0.2, -0.15) is 0 Å². The molecule has 1 fully saturated rings. The van der Waals surface area contributed by atoms with Crippen molar-refractivity contribution in [2.75, 3.05) is 0 Å². The predicted octanol–water partition coefficient (Wildman–Crippen LogP) is 6.37. The molecule has 31 heavy (non-hydrogen) atoms. The number of aromatic nitrogens is 2. The van der Waals surface area contributed by atoms with Gasteiger partial charge in [-0.1, -0.05) is 92.5 Å². The summed E-state index contributed by atoms with van der Waals surface area (Å²) in [7, 11) is 0. The van der Waals surface area contributed by atoms with Crippen molar-refractivity contribution in [3.8, 4) is 11.3 Å². The van der Waals surface area contributed by atoms with Gasteiger partial charge in [0.25, 0.3) is 5.56 Å². The van der Waals surface area contributed by atoms with Crippen LogP contribution in [0.3, 0.4) is 0 Å². The van der Waals surface area contributed by atoms with Crippen LogP contribution in [0, 0.1) is 0 Å². The Labute approximate surface area is 188 Å². The number of benzene rings is 2. The fraction of sp³-hybridized carbons (Fsp3) is 0.407. The second kappa shape index (κ2) is 8.66. The van der Waals surface area contributed by atoms with Crippen LogP contribution in [0.25, 0.3) is 11.3 Å².